The zero-order chi connectivity index (χ0) is 21.6. The Labute approximate surface area is 178 Å². The van der Waals surface area contributed by atoms with E-state index in [2.05, 4.69) is 25.4 Å². The molecule has 3 aromatic rings. The number of hydrogen-bond acceptors (Lipinski definition) is 5. The van der Waals surface area contributed by atoms with Crippen LogP contribution in [0.5, 0.6) is 0 Å². The Morgan fingerprint density at radius 2 is 1.94 bits per heavy atom. The molecule has 9 heteroatoms. The third kappa shape index (κ3) is 3.87. The second-order valence-corrected chi connectivity index (χ2v) is 8.37. The first-order chi connectivity index (χ1) is 14.9. The highest BCUT2D eigenvalue weighted by Crippen LogP contribution is 2.41. The minimum atomic E-state index is -4.29. The molecule has 0 aliphatic carbocycles. The number of nitrogens with zero attached hydrogens (tertiary/aromatic N) is 4. The maximum atomic E-state index is 13.5. The number of anilines is 1. The average molecular weight is 430 g/mol. The van der Waals surface area contributed by atoms with Gasteiger partial charge >= 0.3 is 6.18 Å². The minimum absolute atomic E-state index is 0.283. The Balaban J connectivity index is 1.57. The molecule has 2 atom stereocenters. The van der Waals surface area contributed by atoms with Gasteiger partial charge in [0, 0.05) is 43.8 Å². The van der Waals surface area contributed by atoms with Crippen LogP contribution in [-0.2, 0) is 6.42 Å². The second-order valence-electron chi connectivity index (χ2n) is 8.37. The van der Waals surface area contributed by atoms with Crippen molar-refractivity contribution in [1.82, 2.24) is 25.4 Å². The number of fused-ring (bicyclic) bond motifs is 3. The number of nitrogens with one attached hydrogen (secondary N) is 2. The summed E-state index contributed by atoms with van der Waals surface area (Å²) in [6, 6.07) is 6.80. The van der Waals surface area contributed by atoms with Crippen LogP contribution in [0.4, 0.5) is 18.9 Å². The SMILES string of the molecule is C[C@@H]1Cc2c(ccc3n[nH]cc23)C(c2ccc(N3CCNCC3)cn2)N1CC(F)(F)F. The van der Waals surface area contributed by atoms with Crippen LogP contribution in [0.1, 0.15) is 29.8 Å². The summed E-state index contributed by atoms with van der Waals surface area (Å²) in [5.74, 6) is 0. The van der Waals surface area contributed by atoms with E-state index in [9.17, 15) is 13.2 Å². The van der Waals surface area contributed by atoms with Crippen molar-refractivity contribution in [3.8, 4) is 0 Å². The molecule has 0 radical (unpaired) electrons. The highest BCUT2D eigenvalue weighted by molar-refractivity contribution is 5.83. The fourth-order valence-corrected chi connectivity index (χ4v) is 4.88. The molecule has 2 aliphatic rings. The van der Waals surface area contributed by atoms with Crippen molar-refractivity contribution in [3.05, 3.63) is 53.5 Å². The number of pyridine rings is 1. The zero-order valence-corrected chi connectivity index (χ0v) is 17.3. The third-order valence-corrected chi connectivity index (χ3v) is 6.35. The average Bonchev–Trinajstić information content (AvgIpc) is 3.24. The number of alkyl halides is 3. The second kappa shape index (κ2) is 7.80. The first kappa shape index (κ1) is 20.3. The molecule has 5 rings (SSSR count). The molecular formula is C22H25F3N6. The van der Waals surface area contributed by atoms with Gasteiger partial charge in [0.05, 0.1) is 35.7 Å². The topological polar surface area (TPSA) is 60.1 Å². The van der Waals surface area contributed by atoms with E-state index in [1.165, 1.54) is 4.90 Å². The largest absolute Gasteiger partial charge is 0.401 e. The van der Waals surface area contributed by atoms with Gasteiger partial charge in [0.1, 0.15) is 0 Å². The van der Waals surface area contributed by atoms with E-state index in [-0.39, 0.29) is 6.04 Å². The van der Waals surface area contributed by atoms with E-state index >= 15 is 0 Å². The predicted octanol–water partition coefficient (Wildman–Crippen LogP) is 3.27. The number of aromatic nitrogens is 3. The number of piperazine rings is 1. The molecule has 2 N–H and O–H groups in total. The molecule has 0 bridgehead atoms. The summed E-state index contributed by atoms with van der Waals surface area (Å²) in [6.45, 7) is 4.50. The van der Waals surface area contributed by atoms with E-state index in [0.29, 0.717) is 12.1 Å². The van der Waals surface area contributed by atoms with Crippen molar-refractivity contribution in [2.24, 2.45) is 0 Å². The van der Waals surface area contributed by atoms with Gasteiger partial charge in [-0.15, -0.1) is 0 Å². The third-order valence-electron chi connectivity index (χ3n) is 6.35. The lowest BCUT2D eigenvalue weighted by Crippen LogP contribution is -2.47. The van der Waals surface area contributed by atoms with E-state index in [1.54, 1.807) is 6.20 Å². The van der Waals surface area contributed by atoms with Crippen molar-refractivity contribution in [1.29, 1.82) is 0 Å². The summed E-state index contributed by atoms with van der Waals surface area (Å²) < 4.78 is 40.5. The summed E-state index contributed by atoms with van der Waals surface area (Å²) in [4.78, 5) is 8.44. The van der Waals surface area contributed by atoms with Crippen molar-refractivity contribution in [2.75, 3.05) is 37.6 Å². The summed E-state index contributed by atoms with van der Waals surface area (Å²) in [5.41, 5.74) is 4.39. The number of rotatable bonds is 3. The molecule has 0 saturated carbocycles. The molecule has 1 unspecified atom stereocenters. The summed E-state index contributed by atoms with van der Waals surface area (Å²) in [7, 11) is 0. The van der Waals surface area contributed by atoms with Crippen LogP contribution in [0.15, 0.2) is 36.7 Å². The van der Waals surface area contributed by atoms with Crippen LogP contribution in [0.2, 0.25) is 0 Å². The Hall–Kier alpha value is -2.65. The van der Waals surface area contributed by atoms with E-state index in [4.69, 9.17) is 0 Å². The molecule has 0 amide bonds. The minimum Gasteiger partial charge on any atom is -0.368 e. The molecule has 1 fully saturated rings. The van der Waals surface area contributed by atoms with Crippen molar-refractivity contribution < 1.29 is 13.2 Å². The standard InChI is InChI=1S/C22H25F3N6/c1-14-10-17-16(3-5-19-18(17)12-28-29-19)21(31(14)13-22(23,24)25)20-4-2-15(11-27-20)30-8-6-26-7-9-30/h2-5,11-12,14,21,26H,6-10,13H2,1H3,(H,28,29)/t14-,21?/m1/s1. The normalized spacial score (nSPS) is 22.6. The zero-order valence-electron chi connectivity index (χ0n) is 17.3. The van der Waals surface area contributed by atoms with Crippen molar-refractivity contribution in [2.45, 2.75) is 31.6 Å². The van der Waals surface area contributed by atoms with Crippen LogP contribution < -0.4 is 10.2 Å². The molecule has 6 nitrogen and oxygen atoms in total. The van der Waals surface area contributed by atoms with Crippen LogP contribution in [0, 0.1) is 0 Å². The highest BCUT2D eigenvalue weighted by Gasteiger charge is 2.41. The quantitative estimate of drug-likeness (QED) is 0.668. The van der Waals surface area contributed by atoms with Crippen LogP contribution in [-0.4, -0.2) is 65.0 Å². The van der Waals surface area contributed by atoms with Gasteiger partial charge in [-0.25, -0.2) is 0 Å². The molecule has 164 valence electrons. The van der Waals surface area contributed by atoms with Gasteiger partial charge in [0.15, 0.2) is 0 Å². The van der Waals surface area contributed by atoms with E-state index < -0.39 is 18.8 Å². The maximum Gasteiger partial charge on any atom is 0.401 e. The fourth-order valence-electron chi connectivity index (χ4n) is 4.88. The predicted molar refractivity (Wildman–Crippen MR) is 113 cm³/mol. The molecule has 4 heterocycles. The number of H-pyrrole nitrogens is 1. The number of benzene rings is 1. The maximum absolute atomic E-state index is 13.5. The van der Waals surface area contributed by atoms with Gasteiger partial charge in [-0.3, -0.25) is 15.0 Å². The monoisotopic (exact) mass is 430 g/mol. The van der Waals surface area contributed by atoms with Crippen molar-refractivity contribution in [3.63, 3.8) is 0 Å². The molecular weight excluding hydrogens is 405 g/mol. The highest BCUT2D eigenvalue weighted by atomic mass is 19.4. The first-order valence-corrected chi connectivity index (χ1v) is 10.6. The van der Waals surface area contributed by atoms with Gasteiger partial charge in [0.2, 0.25) is 0 Å². The van der Waals surface area contributed by atoms with Crippen LogP contribution in [0.3, 0.4) is 0 Å². The summed E-state index contributed by atoms with van der Waals surface area (Å²) in [5, 5.41) is 11.4. The summed E-state index contributed by atoms with van der Waals surface area (Å²) >= 11 is 0. The van der Waals surface area contributed by atoms with Gasteiger partial charge in [-0.1, -0.05) is 6.07 Å². The van der Waals surface area contributed by atoms with Crippen LogP contribution in [0.25, 0.3) is 10.9 Å². The van der Waals surface area contributed by atoms with E-state index in [1.807, 2.05) is 37.4 Å². The van der Waals surface area contributed by atoms with Gasteiger partial charge in [-0.2, -0.15) is 18.3 Å². The lowest BCUT2D eigenvalue weighted by Gasteiger charge is -2.42. The van der Waals surface area contributed by atoms with Gasteiger partial charge in [-0.05, 0) is 42.7 Å². The first-order valence-electron chi connectivity index (χ1n) is 10.6. The Morgan fingerprint density at radius 3 is 2.65 bits per heavy atom. The van der Waals surface area contributed by atoms with Gasteiger partial charge < -0.3 is 10.2 Å². The van der Waals surface area contributed by atoms with E-state index in [0.717, 1.165) is 53.9 Å². The molecule has 31 heavy (non-hydrogen) atoms. The van der Waals surface area contributed by atoms with Crippen molar-refractivity contribution >= 4 is 16.6 Å². The molecule has 0 spiro atoms. The fraction of sp³-hybridized carbons (Fsp3) is 0.455. The lowest BCUT2D eigenvalue weighted by atomic mass is 9.85. The van der Waals surface area contributed by atoms with Gasteiger partial charge in [0.25, 0.3) is 0 Å². The number of aromatic amines is 1. The molecule has 2 aliphatic heterocycles. The number of halogens is 3. The molecule has 1 aromatic carbocycles. The molecule has 1 saturated heterocycles. The Kier molecular flexibility index (Phi) is 5.10. The lowest BCUT2D eigenvalue weighted by molar-refractivity contribution is -0.155. The molecule has 2 aromatic heterocycles. The number of hydrogen-bond donors (Lipinski definition) is 2. The smallest absolute Gasteiger partial charge is 0.368 e. The Morgan fingerprint density at radius 1 is 1.13 bits per heavy atom. The Bertz CT molecular complexity index is 1060. The summed E-state index contributed by atoms with van der Waals surface area (Å²) in [6.07, 6.45) is -0.123. The van der Waals surface area contributed by atoms with Crippen LogP contribution >= 0.6 is 0 Å².